The normalized spacial score (nSPS) is 10.6. The summed E-state index contributed by atoms with van der Waals surface area (Å²) in [5.74, 6) is 0.814. The van der Waals surface area contributed by atoms with Crippen LogP contribution in [0.1, 0.15) is 11.1 Å². The molecule has 19 heavy (non-hydrogen) atoms. The number of hydrogen-bond donors (Lipinski definition) is 1. The molecular formula is C15H15N4+. The van der Waals surface area contributed by atoms with Crippen molar-refractivity contribution in [3.8, 4) is 17.1 Å². The van der Waals surface area contributed by atoms with Gasteiger partial charge in [-0.25, -0.2) is 0 Å². The van der Waals surface area contributed by atoms with Crippen LogP contribution in [-0.4, -0.2) is 15.5 Å². The van der Waals surface area contributed by atoms with Gasteiger partial charge in [-0.1, -0.05) is 35.5 Å². The van der Waals surface area contributed by atoms with Gasteiger partial charge < -0.3 is 0 Å². The van der Waals surface area contributed by atoms with Crippen molar-refractivity contribution in [1.82, 2.24) is 15.5 Å². The molecule has 4 nitrogen and oxygen atoms in total. The number of aromatic nitrogens is 4. The molecule has 0 aliphatic carbocycles. The van der Waals surface area contributed by atoms with E-state index in [9.17, 15) is 0 Å². The molecule has 0 fully saturated rings. The molecule has 3 rings (SSSR count). The van der Waals surface area contributed by atoms with Gasteiger partial charge in [0.25, 0.3) is 0 Å². The zero-order valence-electron chi connectivity index (χ0n) is 11.0. The van der Waals surface area contributed by atoms with Crippen LogP contribution in [0.4, 0.5) is 0 Å². The van der Waals surface area contributed by atoms with Gasteiger partial charge in [-0.15, -0.1) is 4.68 Å². The minimum absolute atomic E-state index is 0.814. The average molecular weight is 251 g/mol. The molecule has 0 amide bonds. The molecule has 0 saturated heterocycles. The van der Waals surface area contributed by atoms with Gasteiger partial charge in [0.05, 0.1) is 5.56 Å². The SMILES string of the molecule is Cc1cccc(-[n+]2[nH]nnc2-c2ccccc2)c1C. The van der Waals surface area contributed by atoms with Gasteiger partial charge >= 0.3 is 5.82 Å². The molecule has 0 aliphatic heterocycles. The molecule has 0 bridgehead atoms. The predicted octanol–water partition coefficient (Wildman–Crippen LogP) is 2.37. The van der Waals surface area contributed by atoms with Crippen LogP contribution in [0.25, 0.3) is 17.1 Å². The lowest BCUT2D eigenvalue weighted by Gasteiger charge is -2.05. The van der Waals surface area contributed by atoms with E-state index in [1.807, 2.05) is 41.1 Å². The summed E-state index contributed by atoms with van der Waals surface area (Å²) < 4.78 is 1.91. The highest BCUT2D eigenvalue weighted by Gasteiger charge is 2.19. The lowest BCUT2D eigenvalue weighted by atomic mass is 10.1. The van der Waals surface area contributed by atoms with Crippen LogP contribution >= 0.6 is 0 Å². The number of hydrogen-bond acceptors (Lipinski definition) is 2. The predicted molar refractivity (Wildman–Crippen MR) is 72.8 cm³/mol. The fraction of sp³-hybridized carbons (Fsp3) is 0.133. The van der Waals surface area contributed by atoms with Crippen LogP contribution < -0.4 is 4.68 Å². The molecule has 1 aromatic heterocycles. The first kappa shape index (κ1) is 11.6. The van der Waals surface area contributed by atoms with Gasteiger partial charge in [0.2, 0.25) is 0 Å². The number of nitrogens with zero attached hydrogens (tertiary/aromatic N) is 3. The van der Waals surface area contributed by atoms with Crippen LogP contribution in [0, 0.1) is 13.8 Å². The summed E-state index contributed by atoms with van der Waals surface area (Å²) in [6.45, 7) is 4.21. The maximum atomic E-state index is 4.19. The maximum absolute atomic E-state index is 4.19. The van der Waals surface area contributed by atoms with Crippen LogP contribution in [0.3, 0.4) is 0 Å². The van der Waals surface area contributed by atoms with Gasteiger partial charge in [-0.2, -0.15) is 0 Å². The molecule has 1 heterocycles. The maximum Gasteiger partial charge on any atom is 0.337 e. The molecule has 2 aromatic carbocycles. The second kappa shape index (κ2) is 4.65. The summed E-state index contributed by atoms with van der Waals surface area (Å²) in [5, 5.41) is 11.1. The molecule has 0 radical (unpaired) electrons. The summed E-state index contributed by atoms with van der Waals surface area (Å²) >= 11 is 0. The van der Waals surface area contributed by atoms with Crippen LogP contribution in [-0.2, 0) is 0 Å². The Bertz CT molecular complexity index is 701. The Labute approximate surface area is 111 Å². The fourth-order valence-corrected chi connectivity index (χ4v) is 2.13. The molecule has 0 spiro atoms. The number of aromatic amines is 1. The summed E-state index contributed by atoms with van der Waals surface area (Å²) in [5.41, 5.74) is 4.58. The third-order valence-corrected chi connectivity index (χ3v) is 3.35. The van der Waals surface area contributed by atoms with Crippen molar-refractivity contribution in [3.63, 3.8) is 0 Å². The molecule has 4 heteroatoms. The van der Waals surface area contributed by atoms with Gasteiger partial charge in [0, 0.05) is 0 Å². The fourth-order valence-electron chi connectivity index (χ4n) is 2.13. The Balaban J connectivity index is 2.18. The Morgan fingerprint density at radius 2 is 1.74 bits per heavy atom. The average Bonchev–Trinajstić information content (AvgIpc) is 2.92. The van der Waals surface area contributed by atoms with Crippen molar-refractivity contribution in [2.24, 2.45) is 0 Å². The van der Waals surface area contributed by atoms with E-state index in [1.165, 1.54) is 11.1 Å². The summed E-state index contributed by atoms with van der Waals surface area (Å²) in [4.78, 5) is 0. The minimum atomic E-state index is 0.814. The summed E-state index contributed by atoms with van der Waals surface area (Å²) in [6, 6.07) is 16.3. The number of rotatable bonds is 2. The van der Waals surface area contributed by atoms with Crippen LogP contribution in [0.2, 0.25) is 0 Å². The Kier molecular flexibility index (Phi) is 2.83. The number of H-pyrrole nitrogens is 1. The van der Waals surface area contributed by atoms with E-state index in [-0.39, 0.29) is 0 Å². The zero-order chi connectivity index (χ0) is 13.2. The monoisotopic (exact) mass is 251 g/mol. The third-order valence-electron chi connectivity index (χ3n) is 3.35. The van der Waals surface area contributed by atoms with E-state index in [2.05, 4.69) is 41.5 Å². The van der Waals surface area contributed by atoms with Crippen LogP contribution in [0.15, 0.2) is 48.5 Å². The molecule has 3 aromatic rings. The number of benzene rings is 2. The molecule has 94 valence electrons. The molecule has 1 N–H and O–H groups in total. The highest BCUT2D eigenvalue weighted by atomic mass is 15.5. The van der Waals surface area contributed by atoms with E-state index in [1.54, 1.807) is 0 Å². The van der Waals surface area contributed by atoms with Gasteiger partial charge in [-0.05, 0) is 43.2 Å². The summed E-state index contributed by atoms with van der Waals surface area (Å²) in [7, 11) is 0. The van der Waals surface area contributed by atoms with E-state index in [4.69, 9.17) is 0 Å². The van der Waals surface area contributed by atoms with Crippen molar-refractivity contribution >= 4 is 0 Å². The second-order valence-electron chi connectivity index (χ2n) is 4.54. The van der Waals surface area contributed by atoms with Crippen molar-refractivity contribution in [2.45, 2.75) is 13.8 Å². The van der Waals surface area contributed by atoms with Gasteiger partial charge in [0.1, 0.15) is 10.8 Å². The van der Waals surface area contributed by atoms with E-state index < -0.39 is 0 Å². The Morgan fingerprint density at radius 1 is 0.947 bits per heavy atom. The smallest absolute Gasteiger partial charge is 0.123 e. The standard InChI is InChI=1S/C15H14N4/c1-11-7-6-10-14(12(11)2)19-15(16-17-18-19)13-8-4-3-5-9-13/h3-10H,1-2H3/p+1. The molecule has 0 aliphatic rings. The lowest BCUT2D eigenvalue weighted by molar-refractivity contribution is -0.650. The zero-order valence-corrected chi connectivity index (χ0v) is 11.0. The lowest BCUT2D eigenvalue weighted by Crippen LogP contribution is -2.36. The number of aryl methyl sites for hydroxylation is 1. The van der Waals surface area contributed by atoms with Crippen LogP contribution in [0.5, 0.6) is 0 Å². The molecule has 0 atom stereocenters. The first-order valence-corrected chi connectivity index (χ1v) is 6.22. The summed E-state index contributed by atoms with van der Waals surface area (Å²) in [6.07, 6.45) is 0. The molecule has 0 saturated carbocycles. The highest BCUT2D eigenvalue weighted by molar-refractivity contribution is 5.52. The van der Waals surface area contributed by atoms with Gasteiger partial charge in [0.15, 0.2) is 5.21 Å². The van der Waals surface area contributed by atoms with E-state index in [0.717, 1.165) is 17.1 Å². The topological polar surface area (TPSA) is 45.5 Å². The largest absolute Gasteiger partial charge is 0.337 e. The van der Waals surface area contributed by atoms with Crippen molar-refractivity contribution in [1.29, 1.82) is 0 Å². The first-order chi connectivity index (χ1) is 9.27. The molecular weight excluding hydrogens is 236 g/mol. The highest BCUT2D eigenvalue weighted by Crippen LogP contribution is 2.16. The van der Waals surface area contributed by atoms with E-state index >= 15 is 0 Å². The van der Waals surface area contributed by atoms with Crippen molar-refractivity contribution in [2.75, 3.05) is 0 Å². The number of nitrogens with one attached hydrogen (secondary N) is 1. The first-order valence-electron chi connectivity index (χ1n) is 6.22. The third kappa shape index (κ3) is 2.01. The number of tetrazole rings is 1. The Hall–Kier alpha value is -2.49. The molecule has 0 unspecified atom stereocenters. The minimum Gasteiger partial charge on any atom is -0.123 e. The Morgan fingerprint density at radius 3 is 2.53 bits per heavy atom. The quantitative estimate of drug-likeness (QED) is 0.711. The van der Waals surface area contributed by atoms with Gasteiger partial charge in [-0.3, -0.25) is 0 Å². The van der Waals surface area contributed by atoms with E-state index in [0.29, 0.717) is 0 Å². The van der Waals surface area contributed by atoms with Crippen molar-refractivity contribution < 1.29 is 4.68 Å². The second-order valence-corrected chi connectivity index (χ2v) is 4.54. The van der Waals surface area contributed by atoms with Crippen molar-refractivity contribution in [3.05, 3.63) is 59.7 Å².